The molecule has 1 fully saturated rings. The van der Waals surface area contributed by atoms with Crippen molar-refractivity contribution in [2.45, 2.75) is 32.2 Å². The summed E-state index contributed by atoms with van der Waals surface area (Å²) in [4.78, 5) is 12.0. The van der Waals surface area contributed by atoms with Crippen LogP contribution in [0.2, 0.25) is 0 Å². The lowest BCUT2D eigenvalue weighted by Crippen LogP contribution is -2.42. The van der Waals surface area contributed by atoms with Gasteiger partial charge in [0.2, 0.25) is 0 Å². The van der Waals surface area contributed by atoms with Crippen LogP contribution in [0.1, 0.15) is 35.7 Å². The summed E-state index contributed by atoms with van der Waals surface area (Å²) >= 11 is 0. The Bertz CT molecular complexity index is 397. The Labute approximate surface area is 102 Å². The number of rotatable bonds is 4. The summed E-state index contributed by atoms with van der Waals surface area (Å²) in [7, 11) is 0. The van der Waals surface area contributed by atoms with E-state index in [9.17, 15) is 4.79 Å². The normalized spacial score (nSPS) is 22.9. The zero-order valence-electron chi connectivity index (χ0n) is 10.3. The Morgan fingerprint density at radius 3 is 2.76 bits per heavy atom. The number of amides is 1. The van der Waals surface area contributed by atoms with Crippen LogP contribution in [0.5, 0.6) is 0 Å². The molecule has 1 aromatic rings. The zero-order chi connectivity index (χ0) is 12.3. The summed E-state index contributed by atoms with van der Waals surface area (Å²) in [6.07, 6.45) is 2.96. The van der Waals surface area contributed by atoms with Crippen molar-refractivity contribution in [1.29, 1.82) is 0 Å². The molecule has 0 aliphatic heterocycles. The molecule has 3 nitrogen and oxygen atoms in total. The molecule has 3 heteroatoms. The first-order chi connectivity index (χ1) is 8.20. The first-order valence-corrected chi connectivity index (χ1v) is 6.32. The van der Waals surface area contributed by atoms with Gasteiger partial charge in [-0.05, 0) is 36.8 Å². The number of nitrogens with one attached hydrogen (secondary N) is 1. The molecule has 92 valence electrons. The predicted molar refractivity (Wildman–Crippen MR) is 68.9 cm³/mol. The van der Waals surface area contributed by atoms with Crippen molar-refractivity contribution in [3.8, 4) is 0 Å². The fourth-order valence-electron chi connectivity index (χ4n) is 2.34. The molecule has 0 atom stereocenters. The van der Waals surface area contributed by atoms with Gasteiger partial charge in [-0.15, -0.1) is 0 Å². The molecule has 1 amide bonds. The van der Waals surface area contributed by atoms with E-state index in [1.807, 2.05) is 24.3 Å². The Hall–Kier alpha value is -1.35. The molecule has 0 spiro atoms. The summed E-state index contributed by atoms with van der Waals surface area (Å²) in [6, 6.07) is 8.13. The monoisotopic (exact) mass is 232 g/mol. The predicted octanol–water partition coefficient (Wildman–Crippen LogP) is 1.72. The molecule has 0 unspecified atom stereocenters. The zero-order valence-corrected chi connectivity index (χ0v) is 10.3. The first-order valence-electron chi connectivity index (χ1n) is 6.32. The number of hydrogen-bond donors (Lipinski definition) is 2. The molecule has 0 aromatic heterocycles. The van der Waals surface area contributed by atoms with Gasteiger partial charge in [-0.2, -0.15) is 0 Å². The lowest BCUT2D eigenvalue weighted by atomic mass is 9.81. The summed E-state index contributed by atoms with van der Waals surface area (Å²) in [6.45, 7) is 2.82. The van der Waals surface area contributed by atoms with Crippen molar-refractivity contribution in [2.75, 3.05) is 6.54 Å². The van der Waals surface area contributed by atoms with E-state index in [-0.39, 0.29) is 5.91 Å². The molecule has 0 saturated heterocycles. The maximum atomic E-state index is 12.0. The van der Waals surface area contributed by atoms with Gasteiger partial charge in [-0.25, -0.2) is 0 Å². The number of carbonyl (C=O) groups excluding carboxylic acids is 1. The molecule has 17 heavy (non-hydrogen) atoms. The maximum Gasteiger partial charge on any atom is 0.251 e. The van der Waals surface area contributed by atoms with Gasteiger partial charge in [0.05, 0.1) is 0 Å². The highest BCUT2D eigenvalue weighted by atomic mass is 16.1. The van der Waals surface area contributed by atoms with E-state index in [1.54, 1.807) is 0 Å². The molecular formula is C14H20N2O. The van der Waals surface area contributed by atoms with Gasteiger partial charge in [0, 0.05) is 18.2 Å². The molecule has 3 N–H and O–H groups in total. The molecule has 0 heterocycles. The highest BCUT2D eigenvalue weighted by Crippen LogP contribution is 2.24. The number of aryl methyl sites for hydroxylation is 1. The van der Waals surface area contributed by atoms with E-state index in [2.05, 4.69) is 12.2 Å². The van der Waals surface area contributed by atoms with Crippen molar-refractivity contribution in [3.05, 3.63) is 35.4 Å². The van der Waals surface area contributed by atoms with Crippen LogP contribution in [-0.2, 0) is 6.42 Å². The minimum absolute atomic E-state index is 0.0444. The van der Waals surface area contributed by atoms with Crippen molar-refractivity contribution >= 4 is 5.91 Å². The second-order valence-corrected chi connectivity index (χ2v) is 4.82. The van der Waals surface area contributed by atoms with Gasteiger partial charge in [-0.1, -0.05) is 25.1 Å². The van der Waals surface area contributed by atoms with Gasteiger partial charge in [0.1, 0.15) is 0 Å². The molecule has 1 aliphatic rings. The van der Waals surface area contributed by atoms with E-state index < -0.39 is 0 Å². The average molecular weight is 232 g/mol. The van der Waals surface area contributed by atoms with E-state index in [1.165, 1.54) is 0 Å². The Balaban J connectivity index is 1.90. The lowest BCUT2D eigenvalue weighted by Gasteiger charge is -2.32. The molecule has 0 radical (unpaired) electrons. The van der Waals surface area contributed by atoms with Crippen molar-refractivity contribution in [3.63, 3.8) is 0 Å². The third-order valence-electron chi connectivity index (χ3n) is 3.47. The van der Waals surface area contributed by atoms with Crippen molar-refractivity contribution in [1.82, 2.24) is 5.32 Å². The van der Waals surface area contributed by atoms with Crippen LogP contribution in [0.25, 0.3) is 0 Å². The number of benzene rings is 1. The standard InChI is InChI=1S/C14H20N2O/c1-2-11-5-3-4-6-13(11)14(17)16-9-10-7-12(15)8-10/h3-6,10,12H,2,7-9,15H2,1H3,(H,16,17). The van der Waals surface area contributed by atoms with E-state index in [0.29, 0.717) is 12.0 Å². The van der Waals surface area contributed by atoms with E-state index in [4.69, 9.17) is 5.73 Å². The van der Waals surface area contributed by atoms with Crippen LogP contribution in [0.3, 0.4) is 0 Å². The third kappa shape index (κ3) is 2.86. The second kappa shape index (κ2) is 5.32. The quantitative estimate of drug-likeness (QED) is 0.830. The Morgan fingerprint density at radius 2 is 2.12 bits per heavy atom. The maximum absolute atomic E-state index is 12.0. The van der Waals surface area contributed by atoms with Gasteiger partial charge in [0.15, 0.2) is 0 Å². The molecule has 1 aliphatic carbocycles. The highest BCUT2D eigenvalue weighted by molar-refractivity contribution is 5.95. The van der Waals surface area contributed by atoms with Crippen molar-refractivity contribution in [2.24, 2.45) is 11.7 Å². The van der Waals surface area contributed by atoms with Gasteiger partial charge >= 0.3 is 0 Å². The minimum Gasteiger partial charge on any atom is -0.352 e. The third-order valence-corrected chi connectivity index (χ3v) is 3.47. The van der Waals surface area contributed by atoms with Gasteiger partial charge in [0.25, 0.3) is 5.91 Å². The van der Waals surface area contributed by atoms with Crippen LogP contribution in [0, 0.1) is 5.92 Å². The summed E-state index contributed by atoms with van der Waals surface area (Å²) in [5, 5.41) is 3.00. The van der Waals surface area contributed by atoms with Crippen LogP contribution < -0.4 is 11.1 Å². The van der Waals surface area contributed by atoms with Crippen molar-refractivity contribution < 1.29 is 4.79 Å². The largest absolute Gasteiger partial charge is 0.352 e. The van der Waals surface area contributed by atoms with Crippen LogP contribution in [0.4, 0.5) is 0 Å². The smallest absolute Gasteiger partial charge is 0.251 e. The molecule has 2 rings (SSSR count). The van der Waals surface area contributed by atoms with Gasteiger partial charge in [-0.3, -0.25) is 4.79 Å². The summed E-state index contributed by atoms with van der Waals surface area (Å²) in [5.74, 6) is 0.616. The number of carbonyl (C=O) groups is 1. The topological polar surface area (TPSA) is 55.1 Å². The molecule has 1 aromatic carbocycles. The van der Waals surface area contributed by atoms with Crippen LogP contribution in [-0.4, -0.2) is 18.5 Å². The van der Waals surface area contributed by atoms with Gasteiger partial charge < -0.3 is 11.1 Å². The first kappa shape index (κ1) is 12.1. The van der Waals surface area contributed by atoms with Crippen LogP contribution in [0.15, 0.2) is 24.3 Å². The Kier molecular flexibility index (Phi) is 3.79. The molecular weight excluding hydrogens is 212 g/mol. The number of hydrogen-bond acceptors (Lipinski definition) is 2. The fourth-order valence-corrected chi connectivity index (χ4v) is 2.34. The molecule has 1 saturated carbocycles. The SMILES string of the molecule is CCc1ccccc1C(=O)NCC1CC(N)C1. The Morgan fingerprint density at radius 1 is 1.41 bits per heavy atom. The van der Waals surface area contributed by atoms with E-state index >= 15 is 0 Å². The minimum atomic E-state index is 0.0444. The highest BCUT2D eigenvalue weighted by Gasteiger charge is 2.26. The second-order valence-electron chi connectivity index (χ2n) is 4.82. The average Bonchev–Trinajstić information content (AvgIpc) is 2.32. The summed E-state index contributed by atoms with van der Waals surface area (Å²) < 4.78 is 0. The number of nitrogens with two attached hydrogens (primary N) is 1. The molecule has 0 bridgehead atoms. The lowest BCUT2D eigenvalue weighted by molar-refractivity contribution is 0.0934. The van der Waals surface area contributed by atoms with E-state index in [0.717, 1.165) is 36.9 Å². The summed E-state index contributed by atoms with van der Waals surface area (Å²) in [5.41, 5.74) is 7.63. The van der Waals surface area contributed by atoms with Crippen LogP contribution >= 0.6 is 0 Å². The fraction of sp³-hybridized carbons (Fsp3) is 0.500.